The summed E-state index contributed by atoms with van der Waals surface area (Å²) in [5.74, 6) is -1.65. The molecule has 0 bridgehead atoms. The number of rotatable bonds is 3. The van der Waals surface area contributed by atoms with Gasteiger partial charge in [-0.05, 0) is 34.9 Å². The molecule has 0 radical (unpaired) electrons. The summed E-state index contributed by atoms with van der Waals surface area (Å²) in [7, 11) is 0. The zero-order valence-corrected chi connectivity index (χ0v) is 13.0. The molecule has 8 heteroatoms. The van der Waals surface area contributed by atoms with Crippen molar-refractivity contribution >= 4 is 11.6 Å². The molecule has 0 N–H and O–H groups in total. The lowest BCUT2D eigenvalue weighted by atomic mass is 10.0. The minimum Gasteiger partial charge on any atom is -0.308 e. The Balaban J connectivity index is 1.90. The zero-order valence-electron chi connectivity index (χ0n) is 13.0. The summed E-state index contributed by atoms with van der Waals surface area (Å²) in [5, 5.41) is 11.3. The van der Waals surface area contributed by atoms with Crippen molar-refractivity contribution in [3.8, 4) is 0 Å². The van der Waals surface area contributed by atoms with E-state index in [2.05, 4.69) is 15.5 Å². The van der Waals surface area contributed by atoms with Gasteiger partial charge in [-0.15, -0.1) is 5.10 Å². The molecule has 2 aromatic rings. The van der Waals surface area contributed by atoms with E-state index in [4.69, 9.17) is 0 Å². The number of halogens is 2. The second-order valence-corrected chi connectivity index (χ2v) is 5.87. The van der Waals surface area contributed by atoms with Crippen molar-refractivity contribution in [2.24, 2.45) is 0 Å². The van der Waals surface area contributed by atoms with Crippen molar-refractivity contribution < 1.29 is 13.6 Å². The third-order valence-electron chi connectivity index (χ3n) is 3.91. The molecule has 0 unspecified atom stereocenters. The second-order valence-electron chi connectivity index (χ2n) is 5.87. The van der Waals surface area contributed by atoms with E-state index < -0.39 is 11.6 Å². The number of anilines is 1. The number of aryl methyl sites for hydroxylation is 1. The average molecular weight is 321 g/mol. The Kier molecular flexibility index (Phi) is 4.06. The number of hydrogen-bond donors (Lipinski definition) is 0. The molecule has 1 amide bonds. The minimum atomic E-state index is -0.976. The van der Waals surface area contributed by atoms with Crippen molar-refractivity contribution in [2.45, 2.75) is 39.2 Å². The summed E-state index contributed by atoms with van der Waals surface area (Å²) in [6, 6.07) is 2.63. The van der Waals surface area contributed by atoms with Crippen molar-refractivity contribution in [2.75, 3.05) is 11.4 Å². The lowest BCUT2D eigenvalue weighted by Crippen LogP contribution is -2.39. The maximum absolute atomic E-state index is 14.2. The molecule has 1 aromatic heterocycles. The summed E-state index contributed by atoms with van der Waals surface area (Å²) in [5.41, 5.74) is 0.685. The van der Waals surface area contributed by atoms with Gasteiger partial charge in [0.2, 0.25) is 5.91 Å². The van der Waals surface area contributed by atoms with Crippen LogP contribution in [0.25, 0.3) is 0 Å². The van der Waals surface area contributed by atoms with Gasteiger partial charge in [0.15, 0.2) is 17.5 Å². The molecule has 23 heavy (non-hydrogen) atoms. The lowest BCUT2D eigenvalue weighted by molar-refractivity contribution is -0.119. The van der Waals surface area contributed by atoms with Gasteiger partial charge in [0.1, 0.15) is 6.54 Å². The summed E-state index contributed by atoms with van der Waals surface area (Å²) < 4.78 is 29.1. The van der Waals surface area contributed by atoms with Crippen LogP contribution in [0.5, 0.6) is 0 Å². The fourth-order valence-corrected chi connectivity index (χ4v) is 2.81. The first-order chi connectivity index (χ1) is 11.0. The van der Waals surface area contributed by atoms with Gasteiger partial charge in [0, 0.05) is 12.5 Å². The lowest BCUT2D eigenvalue weighted by Gasteiger charge is -2.30. The van der Waals surface area contributed by atoms with Gasteiger partial charge in [-0.2, -0.15) is 0 Å². The van der Waals surface area contributed by atoms with Crippen LogP contribution in [-0.4, -0.2) is 32.7 Å². The van der Waals surface area contributed by atoms with Gasteiger partial charge in [0.05, 0.1) is 5.69 Å². The molecule has 0 fully saturated rings. The minimum absolute atomic E-state index is 0.0421. The first-order valence-electron chi connectivity index (χ1n) is 7.52. The highest BCUT2D eigenvalue weighted by Crippen LogP contribution is 2.31. The maximum atomic E-state index is 14.2. The van der Waals surface area contributed by atoms with Crippen LogP contribution in [0.15, 0.2) is 12.1 Å². The first kappa shape index (κ1) is 15.5. The summed E-state index contributed by atoms with van der Waals surface area (Å²) >= 11 is 0. The van der Waals surface area contributed by atoms with Crippen LogP contribution < -0.4 is 4.90 Å². The zero-order chi connectivity index (χ0) is 16.6. The molecule has 1 aliphatic rings. The molecule has 1 aliphatic heterocycles. The Labute approximate surface area is 132 Å². The highest BCUT2D eigenvalue weighted by Gasteiger charge is 2.28. The van der Waals surface area contributed by atoms with Crippen LogP contribution in [0, 0.1) is 11.6 Å². The fourth-order valence-electron chi connectivity index (χ4n) is 2.81. The van der Waals surface area contributed by atoms with Crippen molar-refractivity contribution in [3.63, 3.8) is 0 Å². The number of carbonyl (C=O) groups excluding carboxylic acids is 1. The smallest absolute Gasteiger partial charge is 0.248 e. The molecular formula is C15H17F2N5O. The largest absolute Gasteiger partial charge is 0.308 e. The molecule has 0 saturated heterocycles. The van der Waals surface area contributed by atoms with Crippen LogP contribution >= 0.6 is 0 Å². The number of benzene rings is 1. The van der Waals surface area contributed by atoms with Crippen molar-refractivity contribution in [1.29, 1.82) is 0 Å². The molecule has 0 atom stereocenters. The maximum Gasteiger partial charge on any atom is 0.248 e. The predicted octanol–water partition coefficient (Wildman–Crippen LogP) is 2.05. The van der Waals surface area contributed by atoms with E-state index in [9.17, 15) is 13.6 Å². The van der Waals surface area contributed by atoms with Gasteiger partial charge in [-0.3, -0.25) is 4.79 Å². The third kappa shape index (κ3) is 2.80. The third-order valence-corrected chi connectivity index (χ3v) is 3.91. The van der Waals surface area contributed by atoms with E-state index in [1.165, 1.54) is 15.6 Å². The highest BCUT2D eigenvalue weighted by molar-refractivity contribution is 5.94. The number of amides is 1. The fraction of sp³-hybridized carbons (Fsp3) is 0.467. The number of aromatic nitrogens is 4. The number of fused-ring (bicyclic) bond motifs is 1. The highest BCUT2D eigenvalue weighted by atomic mass is 19.2. The summed E-state index contributed by atoms with van der Waals surface area (Å²) in [4.78, 5) is 13.9. The molecule has 0 saturated carbocycles. The van der Waals surface area contributed by atoms with Gasteiger partial charge in [-0.1, -0.05) is 19.9 Å². The molecule has 1 aromatic carbocycles. The number of tetrazole rings is 1. The van der Waals surface area contributed by atoms with Gasteiger partial charge in [-0.25, -0.2) is 13.5 Å². The molecule has 0 spiro atoms. The first-order valence-corrected chi connectivity index (χ1v) is 7.52. The molecular weight excluding hydrogens is 304 g/mol. The van der Waals surface area contributed by atoms with Crippen molar-refractivity contribution in [1.82, 2.24) is 20.2 Å². The normalized spacial score (nSPS) is 14.2. The topological polar surface area (TPSA) is 63.9 Å². The van der Waals surface area contributed by atoms with E-state index in [0.29, 0.717) is 30.8 Å². The standard InChI is InChI=1S/C15H17F2N5O/c1-9(2)15-18-19-20-22(15)8-12(23)21-7-3-4-10-5-6-11(16)13(17)14(10)21/h5-6,9H,3-4,7-8H2,1-2H3. The van der Waals surface area contributed by atoms with Crippen molar-refractivity contribution in [3.05, 3.63) is 35.2 Å². The summed E-state index contributed by atoms with van der Waals surface area (Å²) in [6.07, 6.45) is 1.33. The number of carbonyl (C=O) groups is 1. The van der Waals surface area contributed by atoms with Crippen LogP contribution in [0.4, 0.5) is 14.5 Å². The molecule has 6 nitrogen and oxygen atoms in total. The second kappa shape index (κ2) is 6.02. The quantitative estimate of drug-likeness (QED) is 0.868. The monoisotopic (exact) mass is 321 g/mol. The predicted molar refractivity (Wildman–Crippen MR) is 78.9 cm³/mol. The Morgan fingerprint density at radius 3 is 2.87 bits per heavy atom. The molecule has 2 heterocycles. The summed E-state index contributed by atoms with van der Waals surface area (Å²) in [6.45, 7) is 4.08. The Bertz CT molecular complexity index is 743. The average Bonchev–Trinajstić information content (AvgIpc) is 2.99. The Morgan fingerprint density at radius 2 is 2.13 bits per heavy atom. The van der Waals surface area contributed by atoms with Gasteiger partial charge >= 0.3 is 0 Å². The molecule has 0 aliphatic carbocycles. The Hall–Kier alpha value is -2.38. The molecule has 3 rings (SSSR count). The van der Waals surface area contributed by atoms with Gasteiger partial charge < -0.3 is 4.90 Å². The van der Waals surface area contributed by atoms with Crippen LogP contribution in [0.1, 0.15) is 37.6 Å². The Morgan fingerprint density at radius 1 is 1.35 bits per heavy atom. The van der Waals surface area contributed by atoms with E-state index in [1.54, 1.807) is 0 Å². The van der Waals surface area contributed by atoms with E-state index in [-0.39, 0.29) is 24.1 Å². The van der Waals surface area contributed by atoms with Gasteiger partial charge in [0.25, 0.3) is 0 Å². The number of nitrogens with zero attached hydrogens (tertiary/aromatic N) is 5. The van der Waals surface area contributed by atoms with E-state index in [0.717, 1.165) is 6.07 Å². The van der Waals surface area contributed by atoms with E-state index in [1.807, 2.05) is 13.8 Å². The SMILES string of the molecule is CC(C)c1nnnn1CC(=O)N1CCCc2ccc(F)c(F)c21. The molecule has 122 valence electrons. The van der Waals surface area contributed by atoms with Crippen LogP contribution in [0.3, 0.4) is 0 Å². The number of hydrogen-bond acceptors (Lipinski definition) is 4. The van der Waals surface area contributed by atoms with E-state index >= 15 is 0 Å². The van der Waals surface area contributed by atoms with Crippen LogP contribution in [-0.2, 0) is 17.8 Å². The van der Waals surface area contributed by atoms with Crippen LogP contribution in [0.2, 0.25) is 0 Å².